The molecular weight excluding hydrogens is 288 g/mol. The molecule has 0 aliphatic rings. The van der Waals surface area contributed by atoms with Gasteiger partial charge < -0.3 is 14.9 Å². The Morgan fingerprint density at radius 3 is 1.26 bits per heavy atom. The average molecular weight is 314 g/mol. The van der Waals surface area contributed by atoms with Gasteiger partial charge in [0, 0.05) is 0 Å². The highest BCUT2D eigenvalue weighted by atomic mass is 16.5. The normalized spacial score (nSPS) is 11.0. The van der Waals surface area contributed by atoms with Gasteiger partial charge in [-0.05, 0) is 73.9 Å². The Bertz CT molecular complexity index is 584. The van der Waals surface area contributed by atoms with Crippen molar-refractivity contribution in [1.29, 1.82) is 0 Å². The van der Waals surface area contributed by atoms with Gasteiger partial charge in [-0.2, -0.15) is 0 Å². The number of aryl methyl sites for hydroxylation is 4. The molecule has 2 aromatic rings. The van der Waals surface area contributed by atoms with E-state index in [1.807, 2.05) is 52.0 Å². The lowest BCUT2D eigenvalue weighted by Crippen LogP contribution is -2.04. The van der Waals surface area contributed by atoms with E-state index in [2.05, 4.69) is 0 Å². The van der Waals surface area contributed by atoms with E-state index >= 15 is 0 Å². The summed E-state index contributed by atoms with van der Waals surface area (Å²) in [4.78, 5) is 0. The van der Waals surface area contributed by atoms with Gasteiger partial charge in [0.15, 0.2) is 0 Å². The summed E-state index contributed by atoms with van der Waals surface area (Å²) >= 11 is 0. The zero-order valence-electron chi connectivity index (χ0n) is 14.4. The summed E-state index contributed by atoms with van der Waals surface area (Å²) in [6.07, 6.45) is 1.69. The molecule has 2 N–H and O–H groups in total. The summed E-state index contributed by atoms with van der Waals surface area (Å²) in [5, 5.41) is 19.6. The van der Waals surface area contributed by atoms with Crippen molar-refractivity contribution in [3.63, 3.8) is 0 Å². The Hall–Kier alpha value is -2.00. The molecule has 2 rings (SSSR count). The number of ether oxygens (including phenoxy) is 1. The van der Waals surface area contributed by atoms with Crippen LogP contribution in [-0.4, -0.2) is 23.4 Å². The molecule has 0 radical (unpaired) electrons. The van der Waals surface area contributed by atoms with Gasteiger partial charge in [0.25, 0.3) is 0 Å². The summed E-state index contributed by atoms with van der Waals surface area (Å²) < 4.78 is 5.74. The van der Waals surface area contributed by atoms with Gasteiger partial charge in [-0.15, -0.1) is 0 Å². The second-order valence-corrected chi connectivity index (χ2v) is 6.27. The molecule has 23 heavy (non-hydrogen) atoms. The third-order valence-electron chi connectivity index (χ3n) is 4.17. The second kappa shape index (κ2) is 7.51. The van der Waals surface area contributed by atoms with Crippen molar-refractivity contribution >= 4 is 0 Å². The van der Waals surface area contributed by atoms with Gasteiger partial charge in [-0.3, -0.25) is 0 Å². The summed E-state index contributed by atoms with van der Waals surface area (Å²) in [5.74, 6) is 0.764. The van der Waals surface area contributed by atoms with Crippen molar-refractivity contribution < 1.29 is 14.9 Å². The Morgan fingerprint density at radius 2 is 0.957 bits per heavy atom. The Kier molecular flexibility index (Phi) is 5.67. The first-order valence-corrected chi connectivity index (χ1v) is 8.04. The van der Waals surface area contributed by atoms with E-state index in [0.717, 1.165) is 35.1 Å². The minimum atomic E-state index is 0.382. The molecule has 0 saturated heterocycles. The molecule has 3 nitrogen and oxygen atoms in total. The van der Waals surface area contributed by atoms with Gasteiger partial charge >= 0.3 is 0 Å². The molecule has 0 spiro atoms. The van der Waals surface area contributed by atoms with Crippen LogP contribution in [0.2, 0.25) is 0 Å². The molecule has 124 valence electrons. The van der Waals surface area contributed by atoms with Crippen LogP contribution in [0, 0.1) is 27.7 Å². The van der Waals surface area contributed by atoms with Crippen LogP contribution in [0.3, 0.4) is 0 Å². The predicted octanol–water partition coefficient (Wildman–Crippen LogP) is 4.13. The third kappa shape index (κ3) is 4.49. The first kappa shape index (κ1) is 17.4. The van der Waals surface area contributed by atoms with Gasteiger partial charge in [-0.25, -0.2) is 0 Å². The lowest BCUT2D eigenvalue weighted by molar-refractivity contribution is 0.140. The fraction of sp³-hybridized carbons (Fsp3) is 0.400. The highest BCUT2D eigenvalue weighted by Gasteiger charge is 2.05. The van der Waals surface area contributed by atoms with Crippen molar-refractivity contribution in [2.75, 3.05) is 13.2 Å². The largest absolute Gasteiger partial charge is 0.507 e. The van der Waals surface area contributed by atoms with E-state index in [-0.39, 0.29) is 0 Å². The first-order chi connectivity index (χ1) is 10.9. The van der Waals surface area contributed by atoms with Gasteiger partial charge in [0.05, 0.1) is 13.2 Å². The molecule has 0 aromatic heterocycles. The Morgan fingerprint density at radius 1 is 0.652 bits per heavy atom. The number of benzene rings is 2. The molecule has 0 atom stereocenters. The quantitative estimate of drug-likeness (QED) is 0.788. The number of aromatic hydroxyl groups is 2. The predicted molar refractivity (Wildman–Crippen MR) is 93.4 cm³/mol. The minimum Gasteiger partial charge on any atom is -0.507 e. The molecule has 3 heteroatoms. The van der Waals surface area contributed by atoms with Crippen LogP contribution >= 0.6 is 0 Å². The molecule has 0 fully saturated rings. The van der Waals surface area contributed by atoms with E-state index < -0.39 is 0 Å². The first-order valence-electron chi connectivity index (χ1n) is 8.04. The Labute approximate surface area is 138 Å². The fourth-order valence-electron chi connectivity index (χ4n) is 2.86. The number of hydrogen-bond donors (Lipinski definition) is 2. The second-order valence-electron chi connectivity index (χ2n) is 6.27. The van der Waals surface area contributed by atoms with Crippen LogP contribution in [0.1, 0.15) is 33.4 Å². The van der Waals surface area contributed by atoms with Crippen LogP contribution < -0.4 is 0 Å². The van der Waals surface area contributed by atoms with E-state index in [9.17, 15) is 10.2 Å². The van der Waals surface area contributed by atoms with E-state index in [1.165, 1.54) is 11.1 Å². The molecule has 0 saturated carbocycles. The van der Waals surface area contributed by atoms with Crippen LogP contribution in [0.25, 0.3) is 0 Å². The average Bonchev–Trinajstić information content (AvgIpc) is 2.49. The highest BCUT2D eigenvalue weighted by molar-refractivity contribution is 5.43. The Balaban J connectivity index is 1.80. The summed E-state index contributed by atoms with van der Waals surface area (Å²) in [5.41, 5.74) is 6.03. The maximum atomic E-state index is 9.78. The highest BCUT2D eigenvalue weighted by Crippen LogP contribution is 2.24. The molecule has 0 bridgehead atoms. The van der Waals surface area contributed by atoms with Crippen molar-refractivity contribution in [3.05, 3.63) is 57.6 Å². The van der Waals surface area contributed by atoms with Gasteiger partial charge in [0.1, 0.15) is 11.5 Å². The van der Waals surface area contributed by atoms with Crippen LogP contribution in [0.4, 0.5) is 0 Å². The molecule has 0 aliphatic heterocycles. The topological polar surface area (TPSA) is 49.7 Å². The zero-order chi connectivity index (χ0) is 17.0. The van der Waals surface area contributed by atoms with Crippen molar-refractivity contribution in [2.24, 2.45) is 0 Å². The molecule has 0 unspecified atom stereocenters. The van der Waals surface area contributed by atoms with Crippen LogP contribution in [0.15, 0.2) is 24.3 Å². The molecule has 2 aromatic carbocycles. The van der Waals surface area contributed by atoms with E-state index in [0.29, 0.717) is 24.7 Å². The maximum absolute atomic E-state index is 9.78. The lowest BCUT2D eigenvalue weighted by Gasteiger charge is -2.10. The van der Waals surface area contributed by atoms with Crippen molar-refractivity contribution in [3.8, 4) is 11.5 Å². The van der Waals surface area contributed by atoms with Crippen LogP contribution in [-0.2, 0) is 17.6 Å². The smallest absolute Gasteiger partial charge is 0.121 e. The minimum absolute atomic E-state index is 0.382. The third-order valence-corrected chi connectivity index (χ3v) is 4.17. The number of rotatable bonds is 6. The SMILES string of the molecule is Cc1cc(CCOCCc2cc(C)c(O)c(C)c2)cc(C)c1O. The number of phenolic OH excluding ortho intramolecular Hbond substituents is 2. The summed E-state index contributed by atoms with van der Waals surface area (Å²) in [6.45, 7) is 9.01. The monoisotopic (exact) mass is 314 g/mol. The van der Waals surface area contributed by atoms with Gasteiger partial charge in [0.2, 0.25) is 0 Å². The molecule has 0 heterocycles. The van der Waals surface area contributed by atoms with Crippen LogP contribution in [0.5, 0.6) is 11.5 Å². The van der Waals surface area contributed by atoms with Crippen molar-refractivity contribution in [1.82, 2.24) is 0 Å². The van der Waals surface area contributed by atoms with Gasteiger partial charge in [-0.1, -0.05) is 24.3 Å². The molecular formula is C20H26O3. The number of phenols is 2. The molecule has 0 amide bonds. The summed E-state index contributed by atoms with van der Waals surface area (Å²) in [6, 6.07) is 8.05. The molecule has 0 aliphatic carbocycles. The van der Waals surface area contributed by atoms with E-state index in [1.54, 1.807) is 0 Å². The lowest BCUT2D eigenvalue weighted by atomic mass is 10.0. The van der Waals surface area contributed by atoms with E-state index in [4.69, 9.17) is 4.74 Å². The number of hydrogen-bond acceptors (Lipinski definition) is 3. The fourth-order valence-corrected chi connectivity index (χ4v) is 2.86. The zero-order valence-corrected chi connectivity index (χ0v) is 14.4. The summed E-state index contributed by atoms with van der Waals surface area (Å²) in [7, 11) is 0. The standard InChI is InChI=1S/C20H26O3/c1-13-9-17(10-14(2)19(13)21)5-7-23-8-6-18-11-15(3)20(22)16(4)12-18/h9-12,21-22H,5-8H2,1-4H3. The maximum Gasteiger partial charge on any atom is 0.121 e. The van der Waals surface area contributed by atoms with Crippen molar-refractivity contribution in [2.45, 2.75) is 40.5 Å².